The molecule has 1 heterocycles. The number of aromatic nitrogens is 1. The molecule has 1 aromatic carbocycles. The van der Waals surface area contributed by atoms with Crippen LogP contribution >= 0.6 is 0 Å². The SMILES string of the molecule is CCNc1cc([N+](=O)[O-])cc(-c2cc(F)ccc2OC)n1. The van der Waals surface area contributed by atoms with Crippen LogP contribution in [0.15, 0.2) is 30.3 Å². The van der Waals surface area contributed by atoms with Gasteiger partial charge >= 0.3 is 0 Å². The quantitative estimate of drug-likeness (QED) is 0.676. The van der Waals surface area contributed by atoms with Crippen molar-refractivity contribution in [2.45, 2.75) is 6.92 Å². The number of ether oxygens (including phenoxy) is 1. The van der Waals surface area contributed by atoms with E-state index >= 15 is 0 Å². The summed E-state index contributed by atoms with van der Waals surface area (Å²) in [5, 5.41) is 13.9. The average molecular weight is 291 g/mol. The zero-order valence-corrected chi connectivity index (χ0v) is 11.6. The molecule has 2 aromatic rings. The number of rotatable bonds is 5. The maximum atomic E-state index is 13.4. The molecule has 0 bridgehead atoms. The predicted molar refractivity (Wildman–Crippen MR) is 77.0 cm³/mol. The van der Waals surface area contributed by atoms with Crippen LogP contribution in [0.1, 0.15) is 6.92 Å². The molecule has 0 amide bonds. The Balaban J connectivity index is 2.62. The highest BCUT2D eigenvalue weighted by atomic mass is 19.1. The first kappa shape index (κ1) is 14.7. The number of nitro groups is 1. The van der Waals surface area contributed by atoms with Crippen molar-refractivity contribution in [1.29, 1.82) is 0 Å². The second kappa shape index (κ2) is 6.17. The summed E-state index contributed by atoms with van der Waals surface area (Å²) in [5.41, 5.74) is 0.513. The predicted octanol–water partition coefficient (Wildman–Crippen LogP) is 3.24. The van der Waals surface area contributed by atoms with Crippen molar-refractivity contribution in [3.05, 3.63) is 46.3 Å². The largest absolute Gasteiger partial charge is 0.496 e. The molecular formula is C14H14FN3O3. The van der Waals surface area contributed by atoms with Crippen molar-refractivity contribution >= 4 is 11.5 Å². The summed E-state index contributed by atoms with van der Waals surface area (Å²) >= 11 is 0. The van der Waals surface area contributed by atoms with Crippen LogP contribution in [0.2, 0.25) is 0 Å². The van der Waals surface area contributed by atoms with E-state index in [1.807, 2.05) is 6.92 Å². The number of hydrogen-bond donors (Lipinski definition) is 1. The van der Waals surface area contributed by atoms with Crippen LogP contribution in [0.4, 0.5) is 15.9 Å². The summed E-state index contributed by atoms with van der Waals surface area (Å²) in [7, 11) is 1.44. The fourth-order valence-electron chi connectivity index (χ4n) is 1.91. The summed E-state index contributed by atoms with van der Waals surface area (Å²) < 4.78 is 18.6. The Morgan fingerprint density at radius 2 is 2.14 bits per heavy atom. The van der Waals surface area contributed by atoms with Crippen LogP contribution < -0.4 is 10.1 Å². The Bertz CT molecular complexity index is 677. The van der Waals surface area contributed by atoms with E-state index in [1.54, 1.807) is 0 Å². The van der Waals surface area contributed by atoms with Crippen molar-refractivity contribution in [2.24, 2.45) is 0 Å². The van der Waals surface area contributed by atoms with Gasteiger partial charge in [-0.3, -0.25) is 10.1 Å². The first-order valence-electron chi connectivity index (χ1n) is 6.29. The van der Waals surface area contributed by atoms with Crippen LogP contribution in [-0.4, -0.2) is 23.6 Å². The highest BCUT2D eigenvalue weighted by Crippen LogP contribution is 2.32. The van der Waals surface area contributed by atoms with Gasteiger partial charge in [-0.15, -0.1) is 0 Å². The molecular weight excluding hydrogens is 277 g/mol. The topological polar surface area (TPSA) is 77.3 Å². The number of halogens is 1. The Morgan fingerprint density at radius 3 is 2.76 bits per heavy atom. The van der Waals surface area contributed by atoms with Crippen molar-refractivity contribution in [3.63, 3.8) is 0 Å². The van der Waals surface area contributed by atoms with E-state index in [4.69, 9.17) is 4.74 Å². The minimum absolute atomic E-state index is 0.123. The first-order chi connectivity index (χ1) is 10.0. The number of nitrogens with zero attached hydrogens (tertiary/aromatic N) is 2. The number of pyridine rings is 1. The molecule has 7 heteroatoms. The van der Waals surface area contributed by atoms with Crippen molar-refractivity contribution < 1.29 is 14.1 Å². The van der Waals surface area contributed by atoms with Crippen molar-refractivity contribution in [1.82, 2.24) is 4.98 Å². The second-order valence-electron chi connectivity index (χ2n) is 4.23. The maximum absolute atomic E-state index is 13.4. The molecule has 0 saturated heterocycles. The molecule has 0 aliphatic rings. The molecule has 0 atom stereocenters. The minimum atomic E-state index is -0.516. The van der Waals surface area contributed by atoms with Gasteiger partial charge in [0.15, 0.2) is 0 Å². The zero-order valence-electron chi connectivity index (χ0n) is 11.6. The molecule has 0 spiro atoms. The normalized spacial score (nSPS) is 10.2. The van der Waals surface area contributed by atoms with Gasteiger partial charge in [-0.25, -0.2) is 9.37 Å². The lowest BCUT2D eigenvalue weighted by atomic mass is 10.1. The van der Waals surface area contributed by atoms with E-state index in [0.717, 1.165) is 0 Å². The Kier molecular flexibility index (Phi) is 4.32. The van der Waals surface area contributed by atoms with Crippen LogP contribution in [0.5, 0.6) is 5.75 Å². The van der Waals surface area contributed by atoms with Crippen LogP contribution in [0, 0.1) is 15.9 Å². The zero-order chi connectivity index (χ0) is 15.4. The lowest BCUT2D eigenvalue weighted by molar-refractivity contribution is -0.384. The standard InChI is InChI=1S/C14H14FN3O3/c1-3-16-14-8-10(18(19)20)7-12(17-14)11-6-9(15)4-5-13(11)21-2/h4-8H,3H2,1-2H3,(H,16,17). The summed E-state index contributed by atoms with van der Waals surface area (Å²) in [6, 6.07) is 6.57. The lowest BCUT2D eigenvalue weighted by Gasteiger charge is -2.10. The second-order valence-corrected chi connectivity index (χ2v) is 4.23. The fourth-order valence-corrected chi connectivity index (χ4v) is 1.91. The third-order valence-electron chi connectivity index (χ3n) is 2.82. The van der Waals surface area contributed by atoms with E-state index in [-0.39, 0.29) is 11.4 Å². The van der Waals surface area contributed by atoms with Crippen molar-refractivity contribution in [3.8, 4) is 17.0 Å². The smallest absolute Gasteiger partial charge is 0.275 e. The molecule has 0 unspecified atom stereocenters. The Hall–Kier alpha value is -2.70. The highest BCUT2D eigenvalue weighted by molar-refractivity contribution is 5.71. The molecule has 110 valence electrons. The molecule has 0 aliphatic carbocycles. The van der Waals surface area contributed by atoms with E-state index < -0.39 is 10.7 Å². The van der Waals surface area contributed by atoms with Gasteiger partial charge in [-0.1, -0.05) is 0 Å². The molecule has 0 fully saturated rings. The van der Waals surface area contributed by atoms with Gasteiger partial charge in [-0.2, -0.15) is 0 Å². The van der Waals surface area contributed by atoms with Crippen LogP contribution in [-0.2, 0) is 0 Å². The van der Waals surface area contributed by atoms with Gasteiger partial charge in [0.2, 0.25) is 0 Å². The maximum Gasteiger partial charge on any atom is 0.275 e. The summed E-state index contributed by atoms with van der Waals surface area (Å²) in [4.78, 5) is 14.8. The number of anilines is 1. The average Bonchev–Trinajstić information content (AvgIpc) is 2.47. The minimum Gasteiger partial charge on any atom is -0.496 e. The first-order valence-corrected chi connectivity index (χ1v) is 6.29. The molecule has 0 radical (unpaired) electrons. The molecule has 0 aliphatic heterocycles. The third kappa shape index (κ3) is 3.25. The van der Waals surface area contributed by atoms with E-state index in [1.165, 1.54) is 37.4 Å². The molecule has 21 heavy (non-hydrogen) atoms. The highest BCUT2D eigenvalue weighted by Gasteiger charge is 2.15. The molecule has 6 nitrogen and oxygen atoms in total. The third-order valence-corrected chi connectivity index (χ3v) is 2.82. The lowest BCUT2D eigenvalue weighted by Crippen LogP contribution is -2.02. The Labute approximate surface area is 120 Å². The fraction of sp³-hybridized carbons (Fsp3) is 0.214. The monoisotopic (exact) mass is 291 g/mol. The van der Waals surface area contributed by atoms with Crippen LogP contribution in [0.3, 0.4) is 0 Å². The molecule has 1 aromatic heterocycles. The number of nitrogens with one attached hydrogen (secondary N) is 1. The van der Waals surface area contributed by atoms with Gasteiger partial charge in [0.1, 0.15) is 17.4 Å². The number of hydrogen-bond acceptors (Lipinski definition) is 5. The van der Waals surface area contributed by atoms with Gasteiger partial charge in [-0.05, 0) is 25.1 Å². The van der Waals surface area contributed by atoms with Gasteiger partial charge < -0.3 is 10.1 Å². The summed E-state index contributed by atoms with van der Waals surface area (Å²) in [6.45, 7) is 2.41. The molecule has 2 rings (SSSR count). The van der Waals surface area contributed by atoms with Crippen LogP contribution in [0.25, 0.3) is 11.3 Å². The Morgan fingerprint density at radius 1 is 1.38 bits per heavy atom. The van der Waals surface area contributed by atoms with Gasteiger partial charge in [0.25, 0.3) is 5.69 Å². The number of benzene rings is 1. The number of methoxy groups -OCH3 is 1. The van der Waals surface area contributed by atoms with E-state index in [2.05, 4.69) is 10.3 Å². The molecule has 0 saturated carbocycles. The van der Waals surface area contributed by atoms with Gasteiger partial charge in [0.05, 0.1) is 23.8 Å². The molecule has 1 N–H and O–H groups in total. The van der Waals surface area contributed by atoms with E-state index in [9.17, 15) is 14.5 Å². The van der Waals surface area contributed by atoms with Gasteiger partial charge in [0, 0.05) is 18.2 Å². The van der Waals surface area contributed by atoms with E-state index in [0.29, 0.717) is 23.7 Å². The van der Waals surface area contributed by atoms with Crippen molar-refractivity contribution in [2.75, 3.05) is 19.0 Å². The summed E-state index contributed by atoms with van der Waals surface area (Å²) in [5.74, 6) is 0.281. The summed E-state index contributed by atoms with van der Waals surface area (Å²) in [6.07, 6.45) is 0.